The van der Waals surface area contributed by atoms with Crippen molar-refractivity contribution in [2.45, 2.75) is 12.5 Å². The van der Waals surface area contributed by atoms with E-state index in [1.807, 2.05) is 18.2 Å². The average Bonchev–Trinajstić information content (AvgIpc) is 2.98. The van der Waals surface area contributed by atoms with E-state index in [-0.39, 0.29) is 18.1 Å². The summed E-state index contributed by atoms with van der Waals surface area (Å²) in [5, 5.41) is 13.9. The lowest BCUT2D eigenvalue weighted by Gasteiger charge is -2.04. The third-order valence-corrected chi connectivity index (χ3v) is 3.14. The first kappa shape index (κ1) is 13.5. The Bertz CT molecular complexity index is 728. The maximum Gasteiger partial charge on any atom is 0.260 e. The summed E-state index contributed by atoms with van der Waals surface area (Å²) in [6.07, 6.45) is -0.759. The van der Waals surface area contributed by atoms with Crippen molar-refractivity contribution in [2.24, 2.45) is 0 Å². The quantitative estimate of drug-likeness (QED) is 0.800. The average molecular weight is 284 g/mol. The zero-order chi connectivity index (χ0) is 14.7. The second kappa shape index (κ2) is 5.85. The van der Waals surface area contributed by atoms with Crippen LogP contribution in [0.4, 0.5) is 4.39 Å². The first-order valence-corrected chi connectivity index (χ1v) is 6.53. The summed E-state index contributed by atoms with van der Waals surface area (Å²) in [6.45, 7) is 0. The summed E-state index contributed by atoms with van der Waals surface area (Å²) in [7, 11) is 0. The minimum atomic E-state index is -0.979. The first-order valence-electron chi connectivity index (χ1n) is 6.53. The zero-order valence-corrected chi connectivity index (χ0v) is 11.1. The first-order chi connectivity index (χ1) is 10.2. The molecule has 0 aliphatic carbocycles. The van der Waals surface area contributed by atoms with Gasteiger partial charge in [-0.25, -0.2) is 4.39 Å². The lowest BCUT2D eigenvalue weighted by Crippen LogP contribution is -2.00. The molecule has 3 aromatic rings. The molecule has 1 N–H and O–H groups in total. The van der Waals surface area contributed by atoms with Crippen LogP contribution in [0, 0.1) is 5.82 Å². The molecule has 3 rings (SSSR count). The second-order valence-electron chi connectivity index (χ2n) is 4.63. The minimum Gasteiger partial charge on any atom is -0.378 e. The molecule has 0 fully saturated rings. The van der Waals surface area contributed by atoms with Gasteiger partial charge in [-0.3, -0.25) is 0 Å². The highest BCUT2D eigenvalue weighted by molar-refractivity contribution is 5.23. The third kappa shape index (κ3) is 2.98. The second-order valence-corrected chi connectivity index (χ2v) is 4.63. The fourth-order valence-electron chi connectivity index (χ4n) is 2.04. The summed E-state index contributed by atoms with van der Waals surface area (Å²) < 4.78 is 18.6. The van der Waals surface area contributed by atoms with Gasteiger partial charge in [0, 0.05) is 6.42 Å². The zero-order valence-electron chi connectivity index (χ0n) is 11.1. The molecule has 1 heterocycles. The molecule has 0 bridgehead atoms. The number of halogens is 1. The van der Waals surface area contributed by atoms with Crippen LogP contribution in [0.2, 0.25) is 0 Å². The van der Waals surface area contributed by atoms with Crippen molar-refractivity contribution >= 4 is 0 Å². The van der Waals surface area contributed by atoms with Crippen LogP contribution in [0.1, 0.15) is 28.9 Å². The SMILES string of the molecule is OC(c1ccccc1)c1nc(Cc2ccccc2F)no1. The molecule has 0 aliphatic heterocycles. The van der Waals surface area contributed by atoms with Gasteiger partial charge < -0.3 is 9.63 Å². The van der Waals surface area contributed by atoms with E-state index in [1.165, 1.54) is 6.07 Å². The van der Waals surface area contributed by atoms with Crippen LogP contribution in [0.25, 0.3) is 0 Å². The third-order valence-electron chi connectivity index (χ3n) is 3.14. The number of hydrogen-bond donors (Lipinski definition) is 1. The number of rotatable bonds is 4. The molecular formula is C16H13FN2O2. The monoisotopic (exact) mass is 284 g/mol. The van der Waals surface area contributed by atoms with E-state index < -0.39 is 6.10 Å². The van der Waals surface area contributed by atoms with Crippen molar-refractivity contribution in [3.8, 4) is 0 Å². The maximum absolute atomic E-state index is 13.6. The number of aliphatic hydroxyl groups excluding tert-OH is 1. The highest BCUT2D eigenvalue weighted by atomic mass is 19.1. The van der Waals surface area contributed by atoms with Gasteiger partial charge in [0.05, 0.1) is 0 Å². The number of nitrogens with zero attached hydrogens (tertiary/aromatic N) is 2. The van der Waals surface area contributed by atoms with Crippen molar-refractivity contribution in [1.29, 1.82) is 0 Å². The Morgan fingerprint density at radius 2 is 1.76 bits per heavy atom. The van der Waals surface area contributed by atoms with Crippen LogP contribution in [0.15, 0.2) is 59.1 Å². The van der Waals surface area contributed by atoms with Gasteiger partial charge in [0.25, 0.3) is 5.89 Å². The Kier molecular flexibility index (Phi) is 3.75. The Morgan fingerprint density at radius 3 is 2.52 bits per heavy atom. The summed E-state index contributed by atoms with van der Waals surface area (Å²) in [5.74, 6) is 0.130. The standard InChI is InChI=1S/C16H13FN2O2/c17-13-9-5-4-8-12(13)10-14-18-16(21-19-14)15(20)11-6-2-1-3-7-11/h1-9,15,20H,10H2. The van der Waals surface area contributed by atoms with E-state index in [0.29, 0.717) is 17.0 Å². The Morgan fingerprint density at radius 1 is 1.05 bits per heavy atom. The molecular weight excluding hydrogens is 271 g/mol. The molecule has 0 amide bonds. The van der Waals surface area contributed by atoms with Gasteiger partial charge in [0.2, 0.25) is 0 Å². The molecule has 0 radical (unpaired) electrons. The fraction of sp³-hybridized carbons (Fsp3) is 0.125. The van der Waals surface area contributed by atoms with E-state index in [9.17, 15) is 9.50 Å². The fourth-order valence-corrected chi connectivity index (χ4v) is 2.04. The number of aliphatic hydroxyl groups is 1. The van der Waals surface area contributed by atoms with Gasteiger partial charge >= 0.3 is 0 Å². The van der Waals surface area contributed by atoms with Crippen LogP contribution in [0.5, 0.6) is 0 Å². The molecule has 4 nitrogen and oxygen atoms in total. The van der Waals surface area contributed by atoms with Crippen molar-refractivity contribution in [3.05, 3.63) is 83.3 Å². The number of hydrogen-bond acceptors (Lipinski definition) is 4. The summed E-state index contributed by atoms with van der Waals surface area (Å²) >= 11 is 0. The van der Waals surface area contributed by atoms with Gasteiger partial charge in [-0.05, 0) is 17.2 Å². The largest absolute Gasteiger partial charge is 0.378 e. The molecule has 0 saturated heterocycles. The molecule has 1 aromatic heterocycles. The highest BCUT2D eigenvalue weighted by Crippen LogP contribution is 2.20. The van der Waals surface area contributed by atoms with Gasteiger partial charge in [0.1, 0.15) is 5.82 Å². The molecule has 0 aliphatic rings. The van der Waals surface area contributed by atoms with Crippen LogP contribution in [-0.4, -0.2) is 15.2 Å². The van der Waals surface area contributed by atoms with Gasteiger partial charge in [-0.1, -0.05) is 53.7 Å². The lowest BCUT2D eigenvalue weighted by molar-refractivity contribution is 0.170. The van der Waals surface area contributed by atoms with Crippen LogP contribution in [0.3, 0.4) is 0 Å². The van der Waals surface area contributed by atoms with Crippen molar-refractivity contribution < 1.29 is 14.0 Å². The van der Waals surface area contributed by atoms with Gasteiger partial charge in [0.15, 0.2) is 11.9 Å². The highest BCUT2D eigenvalue weighted by Gasteiger charge is 2.18. The molecule has 1 atom stereocenters. The summed E-state index contributed by atoms with van der Waals surface area (Å²) in [5.41, 5.74) is 1.15. The number of benzene rings is 2. The normalized spacial score (nSPS) is 12.3. The lowest BCUT2D eigenvalue weighted by atomic mass is 10.1. The molecule has 0 saturated carbocycles. The van der Waals surface area contributed by atoms with E-state index in [1.54, 1.807) is 30.3 Å². The predicted molar refractivity (Wildman–Crippen MR) is 74.0 cm³/mol. The van der Waals surface area contributed by atoms with Crippen LogP contribution < -0.4 is 0 Å². The molecule has 2 aromatic carbocycles. The summed E-state index contributed by atoms with van der Waals surface area (Å²) in [6, 6.07) is 15.4. The topological polar surface area (TPSA) is 59.2 Å². The Hall–Kier alpha value is -2.53. The molecule has 5 heteroatoms. The van der Waals surface area contributed by atoms with E-state index in [0.717, 1.165) is 0 Å². The van der Waals surface area contributed by atoms with Gasteiger partial charge in [-0.2, -0.15) is 4.98 Å². The van der Waals surface area contributed by atoms with Gasteiger partial charge in [-0.15, -0.1) is 0 Å². The smallest absolute Gasteiger partial charge is 0.260 e. The van der Waals surface area contributed by atoms with E-state index >= 15 is 0 Å². The van der Waals surface area contributed by atoms with Crippen LogP contribution >= 0.6 is 0 Å². The number of aromatic nitrogens is 2. The van der Waals surface area contributed by atoms with Crippen LogP contribution in [-0.2, 0) is 6.42 Å². The molecule has 21 heavy (non-hydrogen) atoms. The predicted octanol–water partition coefficient (Wildman–Crippen LogP) is 2.88. The minimum absolute atomic E-state index is 0.104. The van der Waals surface area contributed by atoms with Crippen molar-refractivity contribution in [2.75, 3.05) is 0 Å². The Balaban J connectivity index is 1.79. The molecule has 1 unspecified atom stereocenters. The van der Waals surface area contributed by atoms with Crippen molar-refractivity contribution in [3.63, 3.8) is 0 Å². The Labute approximate surface area is 120 Å². The maximum atomic E-state index is 13.6. The molecule has 0 spiro atoms. The van der Waals surface area contributed by atoms with Crippen molar-refractivity contribution in [1.82, 2.24) is 10.1 Å². The van der Waals surface area contributed by atoms with E-state index in [2.05, 4.69) is 10.1 Å². The molecule has 106 valence electrons. The summed E-state index contributed by atoms with van der Waals surface area (Å²) in [4.78, 5) is 4.13. The van der Waals surface area contributed by atoms with E-state index in [4.69, 9.17) is 4.52 Å².